The molecule has 7 nitrogen and oxygen atoms in total. The maximum atomic E-state index is 13.5. The molecule has 30 heavy (non-hydrogen) atoms. The summed E-state index contributed by atoms with van der Waals surface area (Å²) in [6, 6.07) is 15.8. The van der Waals surface area contributed by atoms with Gasteiger partial charge in [0.25, 0.3) is 5.91 Å². The van der Waals surface area contributed by atoms with Crippen LogP contribution in [0.4, 0.5) is 5.69 Å². The molecule has 7 heteroatoms. The predicted octanol–water partition coefficient (Wildman–Crippen LogP) is 2.74. The Morgan fingerprint density at radius 2 is 1.87 bits per heavy atom. The van der Waals surface area contributed by atoms with Gasteiger partial charge < -0.3 is 9.64 Å². The van der Waals surface area contributed by atoms with Gasteiger partial charge in [-0.2, -0.15) is 5.26 Å². The Bertz CT molecular complexity index is 1120. The van der Waals surface area contributed by atoms with Crippen molar-refractivity contribution >= 4 is 23.5 Å². The Balaban J connectivity index is 1.56. The standard InChI is InChI=1S/C23H19N3O4/c24-13-15-5-1-2-6-16(15)14-30-22(29)23-12-11-20(27)26(23)19-8-4-3-7-18(19)21(28)25(23)17-9-10-17/h1-8,17H,9-12,14H2/t23-/m0/s1. The molecule has 1 atom stereocenters. The number of hydrogen-bond acceptors (Lipinski definition) is 5. The summed E-state index contributed by atoms with van der Waals surface area (Å²) in [5.74, 6) is -1.07. The fraction of sp³-hybridized carbons (Fsp3) is 0.304. The van der Waals surface area contributed by atoms with Crippen LogP contribution in [0.3, 0.4) is 0 Å². The lowest BCUT2D eigenvalue weighted by atomic mass is 9.96. The maximum Gasteiger partial charge on any atom is 0.354 e. The molecule has 0 bridgehead atoms. The summed E-state index contributed by atoms with van der Waals surface area (Å²) in [4.78, 5) is 42.8. The summed E-state index contributed by atoms with van der Waals surface area (Å²) in [5, 5.41) is 9.29. The molecule has 5 rings (SSSR count). The van der Waals surface area contributed by atoms with Crippen molar-refractivity contribution in [2.24, 2.45) is 0 Å². The van der Waals surface area contributed by atoms with E-state index in [-0.39, 0.29) is 37.3 Å². The second-order valence-corrected chi connectivity index (χ2v) is 7.81. The number of para-hydroxylation sites is 1. The molecule has 3 aliphatic rings. The maximum absolute atomic E-state index is 13.5. The van der Waals surface area contributed by atoms with E-state index in [1.54, 1.807) is 53.4 Å². The first-order valence-electron chi connectivity index (χ1n) is 9.99. The van der Waals surface area contributed by atoms with E-state index in [9.17, 15) is 19.6 Å². The van der Waals surface area contributed by atoms with Crippen molar-refractivity contribution in [3.05, 3.63) is 65.2 Å². The Morgan fingerprint density at radius 1 is 1.13 bits per heavy atom. The van der Waals surface area contributed by atoms with Gasteiger partial charge in [-0.3, -0.25) is 14.5 Å². The van der Waals surface area contributed by atoms with Crippen LogP contribution in [0.5, 0.6) is 0 Å². The molecule has 150 valence electrons. The molecule has 1 aliphatic carbocycles. The molecule has 0 radical (unpaired) electrons. The Morgan fingerprint density at radius 3 is 2.63 bits per heavy atom. The summed E-state index contributed by atoms with van der Waals surface area (Å²) in [6.07, 6.45) is 1.94. The van der Waals surface area contributed by atoms with E-state index in [1.807, 2.05) is 0 Å². The Kier molecular flexibility index (Phi) is 4.10. The van der Waals surface area contributed by atoms with Crippen LogP contribution in [-0.4, -0.2) is 34.4 Å². The zero-order valence-electron chi connectivity index (χ0n) is 16.2. The van der Waals surface area contributed by atoms with Crippen LogP contribution in [0.25, 0.3) is 0 Å². The zero-order chi connectivity index (χ0) is 20.9. The minimum Gasteiger partial charge on any atom is -0.458 e. The second-order valence-electron chi connectivity index (χ2n) is 7.81. The number of nitrogens with zero attached hydrogens (tertiary/aromatic N) is 3. The van der Waals surface area contributed by atoms with Crippen LogP contribution < -0.4 is 4.90 Å². The molecule has 2 heterocycles. The van der Waals surface area contributed by atoms with Crippen molar-refractivity contribution in [3.8, 4) is 6.07 Å². The number of fused-ring (bicyclic) bond motifs is 3. The number of nitriles is 1. The summed E-state index contributed by atoms with van der Waals surface area (Å²) < 4.78 is 5.66. The molecule has 2 fully saturated rings. The van der Waals surface area contributed by atoms with Crippen LogP contribution >= 0.6 is 0 Å². The van der Waals surface area contributed by atoms with E-state index < -0.39 is 11.6 Å². The average Bonchev–Trinajstić information content (AvgIpc) is 3.54. The summed E-state index contributed by atoms with van der Waals surface area (Å²) in [6.45, 7) is -0.0965. The molecule has 1 saturated carbocycles. The van der Waals surface area contributed by atoms with Gasteiger partial charge in [-0.05, 0) is 31.0 Å². The van der Waals surface area contributed by atoms with Crippen molar-refractivity contribution in [2.75, 3.05) is 4.90 Å². The lowest BCUT2D eigenvalue weighted by Crippen LogP contribution is -2.69. The van der Waals surface area contributed by atoms with Gasteiger partial charge in [0.15, 0.2) is 0 Å². The average molecular weight is 401 g/mol. The van der Waals surface area contributed by atoms with Crippen molar-refractivity contribution in [3.63, 3.8) is 0 Å². The number of rotatable bonds is 4. The quantitative estimate of drug-likeness (QED) is 0.735. The van der Waals surface area contributed by atoms with E-state index in [4.69, 9.17) is 4.74 Å². The normalized spacial score (nSPS) is 22.4. The third kappa shape index (κ3) is 2.53. The van der Waals surface area contributed by atoms with Crippen LogP contribution in [0.15, 0.2) is 48.5 Å². The van der Waals surface area contributed by atoms with Crippen LogP contribution in [0, 0.1) is 11.3 Å². The van der Waals surface area contributed by atoms with E-state index in [2.05, 4.69) is 6.07 Å². The van der Waals surface area contributed by atoms with Crippen molar-refractivity contribution in [1.82, 2.24) is 4.90 Å². The SMILES string of the molecule is N#Cc1ccccc1COC(=O)[C@]12CCC(=O)N1c1ccccc1C(=O)N2C1CC1. The third-order valence-electron chi connectivity index (χ3n) is 6.03. The van der Waals surface area contributed by atoms with Crippen LogP contribution in [0.1, 0.15) is 47.2 Å². The molecule has 2 aromatic rings. The van der Waals surface area contributed by atoms with E-state index in [0.717, 1.165) is 12.8 Å². The zero-order valence-corrected chi connectivity index (χ0v) is 16.2. The Hall–Kier alpha value is -3.66. The summed E-state index contributed by atoms with van der Waals surface area (Å²) in [7, 11) is 0. The molecular formula is C23H19N3O4. The highest BCUT2D eigenvalue weighted by Crippen LogP contribution is 2.49. The molecule has 2 aromatic carbocycles. The topological polar surface area (TPSA) is 90.7 Å². The molecule has 0 N–H and O–H groups in total. The first-order valence-corrected chi connectivity index (χ1v) is 9.99. The molecule has 0 unspecified atom stereocenters. The lowest BCUT2D eigenvalue weighted by molar-refractivity contribution is -0.159. The lowest BCUT2D eigenvalue weighted by Gasteiger charge is -2.48. The summed E-state index contributed by atoms with van der Waals surface area (Å²) in [5.41, 5.74) is 0.423. The number of esters is 1. The fourth-order valence-corrected chi connectivity index (χ4v) is 4.53. The van der Waals surface area contributed by atoms with Gasteiger partial charge in [0.2, 0.25) is 11.6 Å². The van der Waals surface area contributed by atoms with Gasteiger partial charge in [-0.25, -0.2) is 4.79 Å². The minimum absolute atomic E-state index is 0.0850. The molecule has 0 aromatic heterocycles. The molecule has 2 aliphatic heterocycles. The number of amides is 2. The van der Waals surface area contributed by atoms with Crippen LogP contribution in [-0.2, 0) is 20.9 Å². The number of hydrogen-bond donors (Lipinski definition) is 0. The minimum atomic E-state index is -1.47. The first-order chi connectivity index (χ1) is 14.6. The van der Waals surface area contributed by atoms with E-state index >= 15 is 0 Å². The predicted molar refractivity (Wildman–Crippen MR) is 106 cm³/mol. The molecule has 2 amide bonds. The van der Waals surface area contributed by atoms with Gasteiger partial charge in [0, 0.05) is 24.4 Å². The number of carbonyl (C=O) groups excluding carboxylic acids is 3. The molecule has 1 saturated heterocycles. The van der Waals surface area contributed by atoms with E-state index in [0.29, 0.717) is 22.4 Å². The van der Waals surface area contributed by atoms with Crippen LogP contribution in [0.2, 0.25) is 0 Å². The fourth-order valence-electron chi connectivity index (χ4n) is 4.53. The van der Waals surface area contributed by atoms with Crippen molar-refractivity contribution in [2.45, 2.75) is 44.0 Å². The molecular weight excluding hydrogens is 382 g/mol. The van der Waals surface area contributed by atoms with E-state index in [1.165, 1.54) is 4.90 Å². The first kappa shape index (κ1) is 18.4. The Labute approximate surface area is 173 Å². The van der Waals surface area contributed by atoms with Gasteiger partial charge in [-0.1, -0.05) is 30.3 Å². The highest BCUT2D eigenvalue weighted by molar-refractivity contribution is 6.15. The highest BCUT2D eigenvalue weighted by atomic mass is 16.5. The number of benzene rings is 2. The largest absolute Gasteiger partial charge is 0.458 e. The summed E-state index contributed by atoms with van der Waals surface area (Å²) >= 11 is 0. The van der Waals surface area contributed by atoms with Gasteiger partial charge in [-0.15, -0.1) is 0 Å². The molecule has 0 spiro atoms. The highest BCUT2D eigenvalue weighted by Gasteiger charge is 2.64. The number of carbonyl (C=O) groups is 3. The van der Waals surface area contributed by atoms with Gasteiger partial charge in [0.05, 0.1) is 22.9 Å². The third-order valence-corrected chi connectivity index (χ3v) is 6.03. The number of anilines is 1. The monoisotopic (exact) mass is 401 g/mol. The van der Waals surface area contributed by atoms with Crippen molar-refractivity contribution < 1.29 is 19.1 Å². The van der Waals surface area contributed by atoms with Gasteiger partial charge in [0.1, 0.15) is 6.61 Å². The van der Waals surface area contributed by atoms with Gasteiger partial charge >= 0.3 is 5.97 Å². The second kappa shape index (κ2) is 6.70. The van der Waals surface area contributed by atoms with Crippen molar-refractivity contribution in [1.29, 1.82) is 5.26 Å². The smallest absolute Gasteiger partial charge is 0.354 e. The number of ether oxygens (including phenoxy) is 1.